The maximum atomic E-state index is 5.54. The molecule has 3 heteroatoms. The lowest BCUT2D eigenvalue weighted by atomic mass is 10.1. The number of hydrogen-bond acceptors (Lipinski definition) is 3. The van der Waals surface area contributed by atoms with Gasteiger partial charge in [-0.15, -0.1) is 0 Å². The van der Waals surface area contributed by atoms with Crippen LogP contribution in [0, 0.1) is 13.8 Å². The normalized spacial score (nSPS) is 12.7. The van der Waals surface area contributed by atoms with E-state index in [1.807, 2.05) is 0 Å². The summed E-state index contributed by atoms with van der Waals surface area (Å²) >= 11 is 0. The minimum absolute atomic E-state index is 0.806. The molecule has 0 aliphatic carbocycles. The minimum Gasteiger partial charge on any atom is -0.496 e. The van der Waals surface area contributed by atoms with Crippen LogP contribution in [-0.4, -0.2) is 13.7 Å². The Labute approximate surface area is 125 Å². The molecule has 2 aromatic carbocycles. The summed E-state index contributed by atoms with van der Waals surface area (Å²) in [4.78, 5) is 0. The van der Waals surface area contributed by atoms with Crippen molar-refractivity contribution in [3.63, 3.8) is 0 Å². The van der Waals surface area contributed by atoms with Crippen molar-refractivity contribution in [2.45, 2.75) is 26.8 Å². The van der Waals surface area contributed by atoms with Gasteiger partial charge < -0.3 is 14.8 Å². The molecule has 0 atom stereocenters. The monoisotopic (exact) mass is 283 g/mol. The first-order chi connectivity index (χ1) is 10.2. The minimum atomic E-state index is 0.806. The SMILES string of the molecule is COc1c(C)ccc(NCc2ccc3c(c2)CCO3)c1C. The molecule has 3 rings (SSSR count). The van der Waals surface area contributed by atoms with E-state index >= 15 is 0 Å². The molecule has 0 saturated heterocycles. The lowest BCUT2D eigenvalue weighted by Gasteiger charge is -2.15. The summed E-state index contributed by atoms with van der Waals surface area (Å²) in [6.45, 7) is 5.77. The van der Waals surface area contributed by atoms with Crippen LogP contribution in [0.1, 0.15) is 22.3 Å². The van der Waals surface area contributed by atoms with E-state index in [-0.39, 0.29) is 0 Å². The Morgan fingerprint density at radius 2 is 2.05 bits per heavy atom. The predicted octanol–water partition coefficient (Wildman–Crippen LogP) is 3.86. The summed E-state index contributed by atoms with van der Waals surface area (Å²) in [6, 6.07) is 10.6. The van der Waals surface area contributed by atoms with Crippen molar-refractivity contribution >= 4 is 5.69 Å². The Morgan fingerprint density at radius 3 is 2.86 bits per heavy atom. The molecule has 1 N–H and O–H groups in total. The van der Waals surface area contributed by atoms with Crippen molar-refractivity contribution in [3.8, 4) is 11.5 Å². The maximum absolute atomic E-state index is 5.54. The number of ether oxygens (including phenoxy) is 2. The van der Waals surface area contributed by atoms with Crippen molar-refractivity contribution < 1.29 is 9.47 Å². The predicted molar refractivity (Wildman–Crippen MR) is 85.4 cm³/mol. The van der Waals surface area contributed by atoms with Gasteiger partial charge in [0.2, 0.25) is 0 Å². The summed E-state index contributed by atoms with van der Waals surface area (Å²) in [5, 5.41) is 3.50. The third-order valence-corrected chi connectivity index (χ3v) is 4.04. The molecule has 0 radical (unpaired) electrons. The van der Waals surface area contributed by atoms with Crippen LogP contribution < -0.4 is 14.8 Å². The summed E-state index contributed by atoms with van der Waals surface area (Å²) in [7, 11) is 1.72. The second-order valence-corrected chi connectivity index (χ2v) is 5.48. The van der Waals surface area contributed by atoms with Crippen molar-refractivity contribution in [1.82, 2.24) is 0 Å². The summed E-state index contributed by atoms with van der Waals surface area (Å²) in [6.07, 6.45) is 1.01. The van der Waals surface area contributed by atoms with Crippen molar-refractivity contribution in [3.05, 3.63) is 52.6 Å². The molecule has 0 amide bonds. The highest BCUT2D eigenvalue weighted by Gasteiger charge is 2.12. The van der Waals surface area contributed by atoms with Gasteiger partial charge in [0.15, 0.2) is 0 Å². The van der Waals surface area contributed by atoms with Gasteiger partial charge in [0, 0.05) is 24.2 Å². The van der Waals surface area contributed by atoms with Gasteiger partial charge in [-0.05, 0) is 42.7 Å². The van der Waals surface area contributed by atoms with Crippen LogP contribution in [0.2, 0.25) is 0 Å². The van der Waals surface area contributed by atoms with Gasteiger partial charge in [0.25, 0.3) is 0 Å². The molecule has 3 nitrogen and oxygen atoms in total. The van der Waals surface area contributed by atoms with Crippen LogP contribution in [0.5, 0.6) is 11.5 Å². The number of rotatable bonds is 4. The van der Waals surface area contributed by atoms with Crippen molar-refractivity contribution in [1.29, 1.82) is 0 Å². The fraction of sp³-hybridized carbons (Fsp3) is 0.333. The van der Waals surface area contributed by atoms with Crippen LogP contribution in [0.15, 0.2) is 30.3 Å². The molecular weight excluding hydrogens is 262 g/mol. The van der Waals surface area contributed by atoms with Gasteiger partial charge in [-0.1, -0.05) is 18.2 Å². The number of hydrogen-bond donors (Lipinski definition) is 1. The summed E-state index contributed by atoms with van der Waals surface area (Å²) < 4.78 is 11.0. The van der Waals surface area contributed by atoms with E-state index in [0.717, 1.165) is 47.9 Å². The first-order valence-electron chi connectivity index (χ1n) is 7.31. The fourth-order valence-corrected chi connectivity index (χ4v) is 2.88. The highest BCUT2D eigenvalue weighted by Crippen LogP contribution is 2.30. The number of nitrogens with one attached hydrogen (secondary N) is 1. The molecule has 0 saturated carbocycles. The average Bonchev–Trinajstić information content (AvgIpc) is 2.94. The number of anilines is 1. The van der Waals surface area contributed by atoms with Crippen molar-refractivity contribution in [2.75, 3.05) is 19.0 Å². The quantitative estimate of drug-likeness (QED) is 0.924. The van der Waals surface area contributed by atoms with Gasteiger partial charge >= 0.3 is 0 Å². The molecule has 1 aliphatic heterocycles. The molecular formula is C18H21NO2. The smallest absolute Gasteiger partial charge is 0.126 e. The highest BCUT2D eigenvalue weighted by molar-refractivity contribution is 5.59. The standard InChI is InChI=1S/C18H21NO2/c1-12-4-6-16(13(2)18(12)20-3)19-11-14-5-7-17-15(10-14)8-9-21-17/h4-7,10,19H,8-9,11H2,1-3H3. The number of benzene rings is 2. The Balaban J connectivity index is 1.76. The summed E-state index contributed by atoms with van der Waals surface area (Å²) in [5.41, 5.74) is 6.03. The molecule has 0 spiro atoms. The second kappa shape index (κ2) is 5.68. The Hall–Kier alpha value is -2.16. The van der Waals surface area contributed by atoms with Crippen LogP contribution in [0.3, 0.4) is 0 Å². The zero-order valence-electron chi connectivity index (χ0n) is 12.8. The third kappa shape index (κ3) is 2.68. The van der Waals surface area contributed by atoms with Gasteiger partial charge in [-0.25, -0.2) is 0 Å². The van der Waals surface area contributed by atoms with Gasteiger partial charge in [-0.3, -0.25) is 0 Å². The molecule has 0 unspecified atom stereocenters. The Morgan fingerprint density at radius 1 is 1.19 bits per heavy atom. The van der Waals surface area contributed by atoms with E-state index in [2.05, 4.69) is 49.5 Å². The van der Waals surface area contributed by atoms with E-state index < -0.39 is 0 Å². The van der Waals surface area contributed by atoms with E-state index in [0.29, 0.717) is 0 Å². The van der Waals surface area contributed by atoms with Gasteiger partial charge in [0.05, 0.1) is 13.7 Å². The van der Waals surface area contributed by atoms with E-state index in [1.165, 1.54) is 11.1 Å². The lowest BCUT2D eigenvalue weighted by Crippen LogP contribution is -2.03. The number of methoxy groups -OCH3 is 1. The zero-order chi connectivity index (χ0) is 14.8. The Kier molecular flexibility index (Phi) is 3.74. The average molecular weight is 283 g/mol. The second-order valence-electron chi connectivity index (χ2n) is 5.48. The molecule has 2 aromatic rings. The number of fused-ring (bicyclic) bond motifs is 1. The fourth-order valence-electron chi connectivity index (χ4n) is 2.88. The lowest BCUT2D eigenvalue weighted by molar-refractivity contribution is 0.357. The van der Waals surface area contributed by atoms with Crippen LogP contribution in [0.25, 0.3) is 0 Å². The van der Waals surface area contributed by atoms with E-state index in [9.17, 15) is 0 Å². The summed E-state index contributed by atoms with van der Waals surface area (Å²) in [5.74, 6) is 1.99. The highest BCUT2D eigenvalue weighted by atomic mass is 16.5. The third-order valence-electron chi connectivity index (χ3n) is 4.04. The zero-order valence-corrected chi connectivity index (χ0v) is 12.8. The van der Waals surface area contributed by atoms with Crippen LogP contribution in [0.4, 0.5) is 5.69 Å². The first kappa shape index (κ1) is 13.8. The van der Waals surface area contributed by atoms with E-state index in [1.54, 1.807) is 7.11 Å². The molecule has 110 valence electrons. The van der Waals surface area contributed by atoms with Crippen LogP contribution in [-0.2, 0) is 13.0 Å². The molecule has 21 heavy (non-hydrogen) atoms. The molecule has 1 heterocycles. The Bertz CT molecular complexity index is 665. The van der Waals surface area contributed by atoms with Crippen molar-refractivity contribution in [2.24, 2.45) is 0 Å². The van der Waals surface area contributed by atoms with Gasteiger partial charge in [0.1, 0.15) is 11.5 Å². The molecule has 0 bridgehead atoms. The molecule has 0 fully saturated rings. The topological polar surface area (TPSA) is 30.5 Å². The molecule has 0 aromatic heterocycles. The first-order valence-corrected chi connectivity index (χ1v) is 7.31. The van der Waals surface area contributed by atoms with Gasteiger partial charge in [-0.2, -0.15) is 0 Å². The maximum Gasteiger partial charge on any atom is 0.126 e. The number of aryl methyl sites for hydroxylation is 1. The van der Waals surface area contributed by atoms with Crippen LogP contribution >= 0.6 is 0 Å². The molecule has 1 aliphatic rings. The van der Waals surface area contributed by atoms with E-state index in [4.69, 9.17) is 9.47 Å². The largest absolute Gasteiger partial charge is 0.496 e.